The van der Waals surface area contributed by atoms with Gasteiger partial charge in [0, 0.05) is 5.56 Å². The van der Waals surface area contributed by atoms with Gasteiger partial charge in [0.25, 0.3) is 0 Å². The minimum absolute atomic E-state index is 0.0350. The molecular weight excluding hydrogens is 342 g/mol. The summed E-state index contributed by atoms with van der Waals surface area (Å²) in [5, 5.41) is 12.8. The molecule has 1 aromatic heterocycles. The maximum absolute atomic E-state index is 13.2. The van der Waals surface area contributed by atoms with E-state index in [-0.39, 0.29) is 5.91 Å². The summed E-state index contributed by atoms with van der Waals surface area (Å²) in [4.78, 5) is 13.2. The summed E-state index contributed by atoms with van der Waals surface area (Å²) in [6, 6.07) is 18.3. The van der Waals surface area contributed by atoms with Gasteiger partial charge in [0.2, 0.25) is 11.0 Å². The first-order valence-corrected chi connectivity index (χ1v) is 9.77. The second-order valence-electron chi connectivity index (χ2n) is 6.89. The molecule has 0 atom stereocenters. The third kappa shape index (κ3) is 3.15. The van der Waals surface area contributed by atoms with Gasteiger partial charge < -0.3 is 0 Å². The second-order valence-corrected chi connectivity index (χ2v) is 7.87. The van der Waals surface area contributed by atoms with E-state index in [0.29, 0.717) is 5.13 Å². The quantitative estimate of drug-likeness (QED) is 0.712. The van der Waals surface area contributed by atoms with Gasteiger partial charge in [-0.05, 0) is 25.3 Å². The smallest absolute Gasteiger partial charge is 0.236 e. The van der Waals surface area contributed by atoms with E-state index in [1.54, 1.807) is 0 Å². The van der Waals surface area contributed by atoms with Crippen molar-refractivity contribution in [1.82, 2.24) is 10.2 Å². The molecular formula is C21H21N3OS. The number of benzene rings is 2. The molecule has 132 valence electrons. The number of hydrogen-bond donors (Lipinski definition) is 1. The third-order valence-corrected chi connectivity index (χ3v) is 6.05. The number of nitrogens with zero attached hydrogens (tertiary/aromatic N) is 2. The Hall–Kier alpha value is -2.53. The molecule has 26 heavy (non-hydrogen) atoms. The highest BCUT2D eigenvalue weighted by molar-refractivity contribution is 7.18. The molecule has 0 radical (unpaired) electrons. The Bertz CT molecular complexity index is 897. The molecule has 0 bridgehead atoms. The second kappa shape index (κ2) is 7.00. The largest absolute Gasteiger partial charge is 0.300 e. The average Bonchev–Trinajstić information content (AvgIpc) is 3.33. The zero-order chi connectivity index (χ0) is 18.0. The molecule has 4 rings (SSSR count). The molecule has 3 aromatic rings. The zero-order valence-corrected chi connectivity index (χ0v) is 15.6. The van der Waals surface area contributed by atoms with Crippen LogP contribution in [0.25, 0.3) is 10.6 Å². The third-order valence-electron chi connectivity index (χ3n) is 5.16. The predicted octanol–water partition coefficient (Wildman–Crippen LogP) is 4.96. The van der Waals surface area contributed by atoms with Gasteiger partial charge in [-0.15, -0.1) is 10.2 Å². The van der Waals surface area contributed by atoms with Crippen LogP contribution in [0.3, 0.4) is 0 Å². The highest BCUT2D eigenvalue weighted by atomic mass is 32.1. The van der Waals surface area contributed by atoms with E-state index in [9.17, 15) is 4.79 Å². The first-order chi connectivity index (χ1) is 12.7. The Balaban J connectivity index is 1.57. The predicted molar refractivity (Wildman–Crippen MR) is 105 cm³/mol. The Labute approximate surface area is 157 Å². The summed E-state index contributed by atoms with van der Waals surface area (Å²) >= 11 is 1.42. The Morgan fingerprint density at radius 2 is 1.69 bits per heavy atom. The van der Waals surface area contributed by atoms with E-state index in [4.69, 9.17) is 0 Å². The Kier molecular flexibility index (Phi) is 4.55. The van der Waals surface area contributed by atoms with Crippen LogP contribution in [0.4, 0.5) is 5.13 Å². The fraction of sp³-hybridized carbons (Fsp3) is 0.286. The van der Waals surface area contributed by atoms with Gasteiger partial charge in [0.1, 0.15) is 5.01 Å². The van der Waals surface area contributed by atoms with Gasteiger partial charge in [0.15, 0.2) is 0 Å². The molecule has 0 aliphatic heterocycles. The van der Waals surface area contributed by atoms with Gasteiger partial charge in [-0.25, -0.2) is 0 Å². The Morgan fingerprint density at radius 1 is 1.00 bits per heavy atom. The molecule has 0 unspecified atom stereocenters. The van der Waals surface area contributed by atoms with Crippen molar-refractivity contribution in [3.8, 4) is 10.6 Å². The molecule has 2 aromatic carbocycles. The number of hydrogen-bond acceptors (Lipinski definition) is 4. The van der Waals surface area contributed by atoms with Crippen molar-refractivity contribution in [2.24, 2.45) is 0 Å². The maximum Gasteiger partial charge on any atom is 0.236 e. The number of amides is 1. The molecule has 1 aliphatic rings. The van der Waals surface area contributed by atoms with Crippen molar-refractivity contribution in [1.29, 1.82) is 0 Å². The van der Waals surface area contributed by atoms with Gasteiger partial charge in [-0.3, -0.25) is 10.1 Å². The van der Waals surface area contributed by atoms with E-state index in [2.05, 4.69) is 46.7 Å². The highest BCUT2D eigenvalue weighted by Gasteiger charge is 2.42. The highest BCUT2D eigenvalue weighted by Crippen LogP contribution is 2.42. The lowest BCUT2D eigenvalue weighted by Gasteiger charge is -2.27. The van der Waals surface area contributed by atoms with Crippen molar-refractivity contribution >= 4 is 22.4 Å². The summed E-state index contributed by atoms with van der Waals surface area (Å²) in [5.74, 6) is 0.0350. The number of nitrogens with one attached hydrogen (secondary N) is 1. The van der Waals surface area contributed by atoms with Crippen molar-refractivity contribution in [3.05, 3.63) is 65.7 Å². The molecule has 5 heteroatoms. The lowest BCUT2D eigenvalue weighted by molar-refractivity contribution is -0.121. The monoisotopic (exact) mass is 363 g/mol. The zero-order valence-electron chi connectivity index (χ0n) is 14.7. The molecule has 1 aliphatic carbocycles. The van der Waals surface area contributed by atoms with E-state index in [1.165, 1.54) is 16.9 Å². The summed E-state index contributed by atoms with van der Waals surface area (Å²) < 4.78 is 0. The van der Waals surface area contributed by atoms with Gasteiger partial charge in [0.05, 0.1) is 5.41 Å². The normalized spacial score (nSPS) is 15.7. The molecule has 1 saturated carbocycles. The van der Waals surface area contributed by atoms with Crippen molar-refractivity contribution in [3.63, 3.8) is 0 Å². The minimum Gasteiger partial charge on any atom is -0.300 e. The van der Waals surface area contributed by atoms with Crippen LogP contribution in [-0.4, -0.2) is 16.1 Å². The van der Waals surface area contributed by atoms with E-state index < -0.39 is 5.41 Å². The van der Waals surface area contributed by atoms with Crippen LogP contribution >= 0.6 is 11.3 Å². The first-order valence-electron chi connectivity index (χ1n) is 8.95. The van der Waals surface area contributed by atoms with Crippen LogP contribution in [0, 0.1) is 6.92 Å². The SMILES string of the molecule is Cc1ccc(-c2nnc(NC(=O)C3(c4ccccc4)CCCC3)s2)cc1. The lowest BCUT2D eigenvalue weighted by Crippen LogP contribution is -2.37. The summed E-state index contributed by atoms with van der Waals surface area (Å²) in [6.07, 6.45) is 3.92. The van der Waals surface area contributed by atoms with E-state index in [0.717, 1.165) is 41.8 Å². The number of anilines is 1. The summed E-state index contributed by atoms with van der Waals surface area (Å²) in [6.45, 7) is 2.06. The summed E-state index contributed by atoms with van der Waals surface area (Å²) in [5.41, 5.74) is 2.88. The number of rotatable bonds is 4. The van der Waals surface area contributed by atoms with Crippen LogP contribution in [0.5, 0.6) is 0 Å². The van der Waals surface area contributed by atoms with Crippen molar-refractivity contribution in [2.75, 3.05) is 5.32 Å². The fourth-order valence-electron chi connectivity index (χ4n) is 3.69. The van der Waals surface area contributed by atoms with E-state index >= 15 is 0 Å². The average molecular weight is 363 g/mol. The van der Waals surface area contributed by atoms with Crippen LogP contribution in [0.2, 0.25) is 0 Å². The van der Waals surface area contributed by atoms with Crippen LogP contribution in [0.1, 0.15) is 36.8 Å². The van der Waals surface area contributed by atoms with Crippen LogP contribution in [-0.2, 0) is 10.2 Å². The standard InChI is InChI=1S/C21H21N3OS/c1-15-9-11-16(12-10-15)18-23-24-20(26-18)22-19(25)21(13-5-6-14-21)17-7-3-2-4-8-17/h2-4,7-12H,5-6,13-14H2,1H3,(H,22,24,25). The number of aromatic nitrogens is 2. The van der Waals surface area contributed by atoms with Crippen molar-refractivity contribution in [2.45, 2.75) is 38.0 Å². The minimum atomic E-state index is -0.447. The van der Waals surface area contributed by atoms with Crippen LogP contribution < -0.4 is 5.32 Å². The molecule has 1 heterocycles. The molecule has 0 spiro atoms. The fourth-order valence-corrected chi connectivity index (χ4v) is 4.43. The van der Waals surface area contributed by atoms with Gasteiger partial charge in [-0.2, -0.15) is 0 Å². The number of aryl methyl sites for hydroxylation is 1. The van der Waals surface area contributed by atoms with Gasteiger partial charge >= 0.3 is 0 Å². The molecule has 0 saturated heterocycles. The first kappa shape index (κ1) is 16.9. The van der Waals surface area contributed by atoms with E-state index in [1.807, 2.05) is 30.3 Å². The topological polar surface area (TPSA) is 54.9 Å². The van der Waals surface area contributed by atoms with Crippen LogP contribution in [0.15, 0.2) is 54.6 Å². The Morgan fingerprint density at radius 3 is 2.38 bits per heavy atom. The summed E-state index contributed by atoms with van der Waals surface area (Å²) in [7, 11) is 0. The molecule has 1 amide bonds. The van der Waals surface area contributed by atoms with Crippen molar-refractivity contribution < 1.29 is 4.79 Å². The van der Waals surface area contributed by atoms with Gasteiger partial charge in [-0.1, -0.05) is 84.3 Å². The lowest BCUT2D eigenvalue weighted by atomic mass is 9.78. The maximum atomic E-state index is 13.2. The number of carbonyl (C=O) groups is 1. The molecule has 1 N–H and O–H groups in total. The molecule has 4 nitrogen and oxygen atoms in total. The number of carbonyl (C=O) groups excluding carboxylic acids is 1. The molecule has 1 fully saturated rings.